The van der Waals surface area contributed by atoms with Crippen molar-refractivity contribution in [2.24, 2.45) is 0 Å². The van der Waals surface area contributed by atoms with Gasteiger partial charge >= 0.3 is 0 Å². The molecule has 0 radical (unpaired) electrons. The lowest BCUT2D eigenvalue weighted by Crippen LogP contribution is -1.90. The number of hydrogen-bond donors (Lipinski definition) is 0. The summed E-state index contributed by atoms with van der Waals surface area (Å²) in [5, 5.41) is 5.31. The molecule has 148 valence electrons. The third kappa shape index (κ3) is 2.38. The minimum atomic E-state index is 1.26. The maximum absolute atomic E-state index is 2.34. The van der Waals surface area contributed by atoms with Gasteiger partial charge in [-0.25, -0.2) is 0 Å². The molecule has 0 heteroatoms. The number of hydrogen-bond acceptors (Lipinski definition) is 0. The van der Waals surface area contributed by atoms with Crippen molar-refractivity contribution in [3.05, 3.63) is 121 Å². The molecule has 0 unspecified atom stereocenters. The molecule has 0 nitrogen and oxygen atoms in total. The fourth-order valence-electron chi connectivity index (χ4n) is 5.45. The molecule has 0 heterocycles. The summed E-state index contributed by atoms with van der Waals surface area (Å²) in [5.41, 5.74) is 10.6. The molecule has 0 saturated heterocycles. The van der Waals surface area contributed by atoms with Gasteiger partial charge < -0.3 is 0 Å². The lowest BCUT2D eigenvalue weighted by Gasteiger charge is -2.16. The molecule has 0 aromatic heterocycles. The summed E-state index contributed by atoms with van der Waals surface area (Å²) in [4.78, 5) is 0. The minimum absolute atomic E-state index is 1.26. The van der Waals surface area contributed by atoms with E-state index in [9.17, 15) is 0 Å². The number of benzene rings is 6. The first-order chi connectivity index (χ1) is 15.9. The standard InChI is InChI=1S/C32H20/c1-3-10-21(11-4-1)26-18-19-27(22-12-5-2-6-13-22)32-30(26)28-17-9-15-24-20-23-14-7-8-16-25(23)31(32)29(24)28/h1-20H. The van der Waals surface area contributed by atoms with Crippen molar-refractivity contribution >= 4 is 21.5 Å². The largest absolute Gasteiger partial charge is 0.0622 e. The lowest BCUT2D eigenvalue weighted by molar-refractivity contribution is 1.59. The molecule has 6 aromatic carbocycles. The van der Waals surface area contributed by atoms with Crippen molar-refractivity contribution in [1.29, 1.82) is 0 Å². The van der Waals surface area contributed by atoms with E-state index in [0.717, 1.165) is 0 Å². The van der Waals surface area contributed by atoms with Gasteiger partial charge in [-0.15, -0.1) is 0 Å². The fraction of sp³-hybridized carbons (Fsp3) is 0. The molecule has 0 bridgehead atoms. The Hall–Kier alpha value is -4.16. The SMILES string of the molecule is c1ccc(-c2ccc(-c3ccccc3)c3c2-c2cccc4cc5ccccc5c-3c24)cc1. The first-order valence-corrected chi connectivity index (χ1v) is 11.1. The van der Waals surface area contributed by atoms with E-state index in [1.165, 1.54) is 66.1 Å². The Kier molecular flexibility index (Phi) is 3.65. The monoisotopic (exact) mass is 404 g/mol. The van der Waals surface area contributed by atoms with Gasteiger partial charge in [0.2, 0.25) is 0 Å². The summed E-state index contributed by atoms with van der Waals surface area (Å²) >= 11 is 0. The molecule has 0 N–H and O–H groups in total. The average Bonchev–Trinajstić information content (AvgIpc) is 3.22. The topological polar surface area (TPSA) is 0 Å². The molecule has 7 rings (SSSR count). The Balaban J connectivity index is 1.71. The molecular weight excluding hydrogens is 384 g/mol. The summed E-state index contributed by atoms with van der Waals surface area (Å²) < 4.78 is 0. The van der Waals surface area contributed by atoms with Crippen LogP contribution in [0.2, 0.25) is 0 Å². The molecular formula is C32H20. The second kappa shape index (κ2) is 6.67. The van der Waals surface area contributed by atoms with E-state index >= 15 is 0 Å². The van der Waals surface area contributed by atoms with Crippen molar-refractivity contribution in [3.63, 3.8) is 0 Å². The van der Waals surface area contributed by atoms with Crippen molar-refractivity contribution in [2.45, 2.75) is 0 Å². The molecule has 0 aliphatic heterocycles. The Labute approximate surface area is 187 Å². The summed E-state index contributed by atoms with van der Waals surface area (Å²) in [6.45, 7) is 0. The van der Waals surface area contributed by atoms with Crippen LogP contribution in [0, 0.1) is 0 Å². The quantitative estimate of drug-likeness (QED) is 0.252. The molecule has 1 aliphatic carbocycles. The summed E-state index contributed by atoms with van der Waals surface area (Å²) in [7, 11) is 0. The van der Waals surface area contributed by atoms with Gasteiger partial charge in [-0.3, -0.25) is 0 Å². The molecule has 1 aliphatic rings. The van der Waals surface area contributed by atoms with E-state index in [-0.39, 0.29) is 0 Å². The third-order valence-corrected chi connectivity index (χ3v) is 6.78. The highest BCUT2D eigenvalue weighted by atomic mass is 14.3. The average molecular weight is 405 g/mol. The van der Waals surface area contributed by atoms with Gasteiger partial charge in [-0.05, 0) is 72.1 Å². The molecule has 32 heavy (non-hydrogen) atoms. The van der Waals surface area contributed by atoms with Crippen LogP contribution in [0.15, 0.2) is 121 Å². The Bertz CT molecular complexity index is 1640. The van der Waals surface area contributed by atoms with Crippen LogP contribution in [-0.4, -0.2) is 0 Å². The van der Waals surface area contributed by atoms with Gasteiger partial charge in [-0.1, -0.05) is 115 Å². The van der Waals surface area contributed by atoms with Gasteiger partial charge in [0.15, 0.2) is 0 Å². The Morgan fingerprint density at radius 2 is 0.938 bits per heavy atom. The normalized spacial score (nSPS) is 11.8. The molecule has 0 fully saturated rings. The van der Waals surface area contributed by atoms with Gasteiger partial charge in [0, 0.05) is 0 Å². The highest BCUT2D eigenvalue weighted by molar-refractivity contribution is 6.27. The van der Waals surface area contributed by atoms with Gasteiger partial charge in [0.05, 0.1) is 0 Å². The van der Waals surface area contributed by atoms with Crippen molar-refractivity contribution in [1.82, 2.24) is 0 Å². The van der Waals surface area contributed by atoms with Crippen LogP contribution >= 0.6 is 0 Å². The van der Waals surface area contributed by atoms with E-state index in [4.69, 9.17) is 0 Å². The number of fused-ring (bicyclic) bond motifs is 5. The summed E-state index contributed by atoms with van der Waals surface area (Å²) in [6, 6.07) is 44.1. The highest BCUT2D eigenvalue weighted by Gasteiger charge is 2.29. The molecule has 0 spiro atoms. The third-order valence-electron chi connectivity index (χ3n) is 6.78. The maximum atomic E-state index is 2.34. The first kappa shape index (κ1) is 17.5. The van der Waals surface area contributed by atoms with Gasteiger partial charge in [0.25, 0.3) is 0 Å². The van der Waals surface area contributed by atoms with Gasteiger partial charge in [-0.2, -0.15) is 0 Å². The van der Waals surface area contributed by atoms with E-state index in [1.54, 1.807) is 0 Å². The van der Waals surface area contributed by atoms with Crippen LogP contribution in [0.3, 0.4) is 0 Å². The van der Waals surface area contributed by atoms with Crippen molar-refractivity contribution < 1.29 is 0 Å². The van der Waals surface area contributed by atoms with Crippen LogP contribution in [0.25, 0.3) is 66.1 Å². The van der Waals surface area contributed by atoms with E-state index in [1.807, 2.05) is 0 Å². The summed E-state index contributed by atoms with van der Waals surface area (Å²) in [6.07, 6.45) is 0. The Morgan fingerprint density at radius 3 is 1.66 bits per heavy atom. The zero-order chi connectivity index (χ0) is 21.1. The fourth-order valence-corrected chi connectivity index (χ4v) is 5.45. The zero-order valence-electron chi connectivity index (χ0n) is 17.5. The maximum Gasteiger partial charge on any atom is -0.000764 e. The molecule has 6 aromatic rings. The minimum Gasteiger partial charge on any atom is -0.0622 e. The molecule has 0 atom stereocenters. The van der Waals surface area contributed by atoms with Gasteiger partial charge in [0.1, 0.15) is 0 Å². The first-order valence-electron chi connectivity index (χ1n) is 11.1. The van der Waals surface area contributed by atoms with Crippen LogP contribution in [-0.2, 0) is 0 Å². The van der Waals surface area contributed by atoms with Crippen LogP contribution < -0.4 is 0 Å². The lowest BCUT2D eigenvalue weighted by atomic mass is 9.87. The second-order valence-corrected chi connectivity index (χ2v) is 8.52. The van der Waals surface area contributed by atoms with Crippen molar-refractivity contribution in [3.8, 4) is 44.5 Å². The van der Waals surface area contributed by atoms with Crippen LogP contribution in [0.1, 0.15) is 0 Å². The smallest absolute Gasteiger partial charge is 0.000764 e. The Morgan fingerprint density at radius 1 is 0.344 bits per heavy atom. The second-order valence-electron chi connectivity index (χ2n) is 8.52. The van der Waals surface area contributed by atoms with Crippen LogP contribution in [0.5, 0.6) is 0 Å². The van der Waals surface area contributed by atoms with E-state index in [0.29, 0.717) is 0 Å². The molecule has 0 saturated carbocycles. The predicted octanol–water partition coefficient (Wildman–Crippen LogP) is 8.97. The highest BCUT2D eigenvalue weighted by Crippen LogP contribution is 2.56. The summed E-state index contributed by atoms with van der Waals surface area (Å²) in [5.74, 6) is 0. The molecule has 0 amide bonds. The zero-order valence-corrected chi connectivity index (χ0v) is 17.5. The predicted molar refractivity (Wildman–Crippen MR) is 137 cm³/mol. The van der Waals surface area contributed by atoms with Crippen LogP contribution in [0.4, 0.5) is 0 Å². The van der Waals surface area contributed by atoms with Crippen molar-refractivity contribution in [2.75, 3.05) is 0 Å². The van der Waals surface area contributed by atoms with E-state index in [2.05, 4.69) is 121 Å². The number of rotatable bonds is 2. The van der Waals surface area contributed by atoms with E-state index < -0.39 is 0 Å².